The maximum absolute atomic E-state index is 14.0. The molecule has 1 N–H and O–H groups in total. The Morgan fingerprint density at radius 3 is 2.26 bits per heavy atom. The second-order valence-electron chi connectivity index (χ2n) is 11.2. The lowest BCUT2D eigenvalue weighted by Gasteiger charge is -2.35. The summed E-state index contributed by atoms with van der Waals surface area (Å²) >= 11 is 0. The largest absolute Gasteiger partial charge is 0.443 e. The molecule has 38 heavy (non-hydrogen) atoms. The number of imide groups is 1. The molecule has 2 aromatic carbocycles. The average Bonchev–Trinajstić information content (AvgIpc) is 3.56. The van der Waals surface area contributed by atoms with Gasteiger partial charge in [0, 0.05) is 25.2 Å². The summed E-state index contributed by atoms with van der Waals surface area (Å²) in [4.78, 5) is 29.6. The van der Waals surface area contributed by atoms with Crippen LogP contribution in [0.3, 0.4) is 0 Å². The molecule has 2 aromatic rings. The third-order valence-corrected chi connectivity index (χ3v) is 8.72. The molecule has 6 nitrogen and oxygen atoms in total. The number of nitrogens with one attached hydrogen (secondary N) is 1. The summed E-state index contributed by atoms with van der Waals surface area (Å²) in [7, 11) is 0. The van der Waals surface area contributed by atoms with Crippen molar-refractivity contribution in [3.63, 3.8) is 0 Å². The molecule has 0 radical (unpaired) electrons. The first-order valence-electron chi connectivity index (χ1n) is 13.6. The van der Waals surface area contributed by atoms with Crippen molar-refractivity contribution in [3.8, 4) is 0 Å². The summed E-state index contributed by atoms with van der Waals surface area (Å²) in [5.41, 5.74) is 1.54. The fourth-order valence-corrected chi connectivity index (χ4v) is 6.51. The van der Waals surface area contributed by atoms with Crippen molar-refractivity contribution in [2.24, 2.45) is 5.92 Å². The van der Waals surface area contributed by atoms with E-state index in [1.165, 1.54) is 23.8 Å². The molecule has 6 rings (SSSR count). The smallest absolute Gasteiger partial charge is 0.419 e. The number of benzene rings is 2. The van der Waals surface area contributed by atoms with Crippen LogP contribution in [0.5, 0.6) is 0 Å². The van der Waals surface area contributed by atoms with Gasteiger partial charge in [-0.05, 0) is 92.2 Å². The van der Waals surface area contributed by atoms with Crippen molar-refractivity contribution in [1.82, 2.24) is 15.1 Å². The van der Waals surface area contributed by atoms with Gasteiger partial charge in [0.15, 0.2) is 11.6 Å². The molecule has 2 unspecified atom stereocenters. The van der Waals surface area contributed by atoms with Crippen molar-refractivity contribution in [1.29, 1.82) is 0 Å². The highest BCUT2D eigenvalue weighted by molar-refractivity contribution is 5.93. The zero-order valence-electron chi connectivity index (χ0n) is 21.1. The highest BCUT2D eigenvalue weighted by atomic mass is 19.2. The van der Waals surface area contributed by atoms with Crippen molar-refractivity contribution in [2.45, 2.75) is 75.1 Å². The van der Waals surface area contributed by atoms with E-state index in [1.54, 1.807) is 0 Å². The number of hydrogen-bond acceptors (Lipinski definition) is 4. The first-order valence-corrected chi connectivity index (χ1v) is 13.6. The van der Waals surface area contributed by atoms with Crippen LogP contribution in [-0.4, -0.2) is 53.2 Å². The van der Waals surface area contributed by atoms with E-state index in [0.717, 1.165) is 68.5 Å². The van der Waals surface area contributed by atoms with E-state index < -0.39 is 35.9 Å². The number of carbonyl (C=O) groups excluding carboxylic acids is 2. The topological polar surface area (TPSA) is 61.9 Å². The van der Waals surface area contributed by atoms with Crippen molar-refractivity contribution in [3.05, 3.63) is 71.0 Å². The van der Waals surface area contributed by atoms with E-state index in [2.05, 4.69) is 10.2 Å². The third-order valence-electron chi connectivity index (χ3n) is 8.72. The van der Waals surface area contributed by atoms with Gasteiger partial charge in [-0.15, -0.1) is 0 Å². The van der Waals surface area contributed by atoms with Gasteiger partial charge in [0.05, 0.1) is 0 Å². The normalized spacial score (nSPS) is 29.9. The van der Waals surface area contributed by atoms with Gasteiger partial charge in [0.1, 0.15) is 18.0 Å². The van der Waals surface area contributed by atoms with Crippen molar-refractivity contribution >= 4 is 12.1 Å². The highest BCUT2D eigenvalue weighted by Gasteiger charge is 2.52. The summed E-state index contributed by atoms with van der Waals surface area (Å²) in [6, 6.07) is 9.27. The molecule has 4 aliphatic rings. The lowest BCUT2D eigenvalue weighted by atomic mass is 9.81. The molecule has 3 atom stereocenters. The highest BCUT2D eigenvalue weighted by Crippen LogP contribution is 2.46. The standard InChI is InChI=1S/C29H32F3N3O3/c30-21-8-3-17(4-9-21)18-5-10-23(11-6-18)34-14-13-22(16-34)33-28(36)35-26(20-7-12-24(31)25(32)15-20)27(19-1-2-19)38-29(35)37/h3-4,7-9,12,15,18-19,22-23,26-27H,1-2,5-6,10-11,13-14,16H2,(H,33,36)/t18?,22-,23?,26?,27?/m1/s1. The number of nitrogens with zero attached hydrogens (tertiary/aromatic N) is 2. The minimum Gasteiger partial charge on any atom is -0.443 e. The average molecular weight is 528 g/mol. The first-order chi connectivity index (χ1) is 18.4. The van der Waals surface area contributed by atoms with E-state index in [4.69, 9.17) is 4.74 Å². The number of rotatable bonds is 5. The summed E-state index contributed by atoms with van der Waals surface area (Å²) in [6.45, 7) is 1.56. The Bertz CT molecular complexity index is 1200. The maximum Gasteiger partial charge on any atom is 0.419 e. The number of likely N-dealkylation sites (tertiary alicyclic amines) is 1. The number of cyclic esters (lactones) is 1. The summed E-state index contributed by atoms with van der Waals surface area (Å²) in [5.74, 6) is -1.65. The molecule has 2 aliphatic carbocycles. The second kappa shape index (κ2) is 10.2. The molecule has 202 valence electrons. The fourth-order valence-electron chi connectivity index (χ4n) is 6.51. The van der Waals surface area contributed by atoms with Crippen LogP contribution in [0.4, 0.5) is 22.8 Å². The van der Waals surface area contributed by atoms with E-state index in [9.17, 15) is 22.8 Å². The Hall–Kier alpha value is -3.07. The van der Waals surface area contributed by atoms with Gasteiger partial charge < -0.3 is 10.1 Å². The number of ether oxygens (including phenoxy) is 1. The number of urea groups is 1. The Morgan fingerprint density at radius 1 is 0.868 bits per heavy atom. The fraction of sp³-hybridized carbons (Fsp3) is 0.517. The van der Waals surface area contributed by atoms with Gasteiger partial charge in [0.25, 0.3) is 0 Å². The van der Waals surface area contributed by atoms with Crippen LogP contribution < -0.4 is 5.32 Å². The Labute approximate surface area is 220 Å². The Kier molecular flexibility index (Phi) is 6.80. The summed E-state index contributed by atoms with van der Waals surface area (Å²) < 4.78 is 46.5. The van der Waals surface area contributed by atoms with Gasteiger partial charge >= 0.3 is 12.1 Å². The quantitative estimate of drug-likeness (QED) is 0.527. The molecule has 2 aliphatic heterocycles. The molecule has 4 fully saturated rings. The van der Waals surface area contributed by atoms with Crippen LogP contribution >= 0.6 is 0 Å². The number of hydrogen-bond donors (Lipinski definition) is 1. The predicted molar refractivity (Wildman–Crippen MR) is 134 cm³/mol. The first kappa shape index (κ1) is 25.2. The van der Waals surface area contributed by atoms with Gasteiger partial charge in [-0.3, -0.25) is 4.90 Å². The van der Waals surface area contributed by atoms with Crippen LogP contribution in [0.25, 0.3) is 0 Å². The SMILES string of the molecule is O=C(N[C@@H]1CCN(C2CCC(c3ccc(F)cc3)CC2)C1)N1C(=O)OC(C2CC2)C1c1ccc(F)c(F)c1. The molecule has 2 heterocycles. The molecule has 9 heteroatoms. The molecular formula is C29H32F3N3O3. The molecule has 0 spiro atoms. The molecule has 0 aromatic heterocycles. The summed E-state index contributed by atoms with van der Waals surface area (Å²) in [6.07, 6.45) is 5.38. The van der Waals surface area contributed by atoms with E-state index in [1.807, 2.05) is 12.1 Å². The number of carbonyl (C=O) groups is 2. The predicted octanol–water partition coefficient (Wildman–Crippen LogP) is 5.89. The van der Waals surface area contributed by atoms with Crippen LogP contribution in [-0.2, 0) is 4.74 Å². The van der Waals surface area contributed by atoms with Crippen LogP contribution in [0.2, 0.25) is 0 Å². The molecule has 2 saturated carbocycles. The number of amides is 3. The second-order valence-corrected chi connectivity index (χ2v) is 11.2. The minimum atomic E-state index is -1.02. The monoisotopic (exact) mass is 527 g/mol. The Balaban J connectivity index is 1.08. The van der Waals surface area contributed by atoms with E-state index in [0.29, 0.717) is 24.1 Å². The third kappa shape index (κ3) is 5.00. The Morgan fingerprint density at radius 2 is 1.58 bits per heavy atom. The van der Waals surface area contributed by atoms with Crippen LogP contribution in [0, 0.1) is 23.4 Å². The van der Waals surface area contributed by atoms with E-state index in [-0.39, 0.29) is 17.8 Å². The van der Waals surface area contributed by atoms with Crippen molar-refractivity contribution < 1.29 is 27.5 Å². The van der Waals surface area contributed by atoms with Crippen molar-refractivity contribution in [2.75, 3.05) is 13.1 Å². The zero-order chi connectivity index (χ0) is 26.4. The molecule has 3 amide bonds. The lowest BCUT2D eigenvalue weighted by Crippen LogP contribution is -2.48. The minimum absolute atomic E-state index is 0.113. The molecule has 2 saturated heterocycles. The maximum atomic E-state index is 14.0. The van der Waals surface area contributed by atoms with Gasteiger partial charge in [0.2, 0.25) is 0 Å². The van der Waals surface area contributed by atoms with Gasteiger partial charge in [-0.25, -0.2) is 27.7 Å². The van der Waals surface area contributed by atoms with E-state index >= 15 is 0 Å². The molecular weight excluding hydrogens is 495 g/mol. The molecule has 0 bridgehead atoms. The van der Waals surface area contributed by atoms with Crippen LogP contribution in [0.1, 0.15) is 68.0 Å². The van der Waals surface area contributed by atoms with Gasteiger partial charge in [-0.2, -0.15) is 0 Å². The zero-order valence-corrected chi connectivity index (χ0v) is 21.1. The number of halogens is 3. The van der Waals surface area contributed by atoms with Crippen LogP contribution in [0.15, 0.2) is 42.5 Å². The van der Waals surface area contributed by atoms with Gasteiger partial charge in [-0.1, -0.05) is 18.2 Å². The summed E-state index contributed by atoms with van der Waals surface area (Å²) in [5, 5.41) is 3.01. The lowest BCUT2D eigenvalue weighted by molar-refractivity contribution is 0.118.